The number of aliphatic hydroxyl groups excluding tert-OH is 1. The maximum Gasteiger partial charge on any atom is 0.225 e. The monoisotopic (exact) mass is 317 g/mol. The lowest BCUT2D eigenvalue weighted by atomic mass is 9.84. The van der Waals surface area contributed by atoms with Crippen LogP contribution in [0.4, 0.5) is 0 Å². The molecule has 4 rings (SSSR count). The maximum atomic E-state index is 12.6. The lowest BCUT2D eigenvalue weighted by molar-refractivity contribution is -0.124. The smallest absolute Gasteiger partial charge is 0.225 e. The first-order valence-electron chi connectivity index (χ1n) is 8.46. The Kier molecular flexibility index (Phi) is 3.91. The van der Waals surface area contributed by atoms with Crippen LogP contribution in [-0.4, -0.2) is 28.9 Å². The molecule has 4 atom stereocenters. The zero-order valence-corrected chi connectivity index (χ0v) is 13.5. The van der Waals surface area contributed by atoms with E-state index in [0.29, 0.717) is 17.1 Å². The lowest BCUT2D eigenvalue weighted by Crippen LogP contribution is -2.44. The second-order valence-corrected chi connectivity index (χ2v) is 8.09. The van der Waals surface area contributed by atoms with E-state index < -0.39 is 0 Å². The highest BCUT2D eigenvalue weighted by Gasteiger charge is 2.60. The minimum Gasteiger partial charge on any atom is -0.394 e. The average Bonchev–Trinajstić information content (AvgIpc) is 3.15. The molecule has 3 nitrogen and oxygen atoms in total. The molecule has 3 aliphatic rings. The van der Waals surface area contributed by atoms with Crippen molar-refractivity contribution in [1.82, 2.24) is 5.32 Å². The molecular weight excluding hydrogens is 294 g/mol. The number of thioether (sulfide) groups is 1. The molecule has 0 bridgehead atoms. The van der Waals surface area contributed by atoms with E-state index in [1.165, 1.54) is 29.7 Å². The Hall–Kier alpha value is -1.00. The number of amides is 1. The summed E-state index contributed by atoms with van der Waals surface area (Å²) in [7, 11) is 0. The summed E-state index contributed by atoms with van der Waals surface area (Å²) >= 11 is 1.85. The van der Waals surface area contributed by atoms with Gasteiger partial charge in [-0.1, -0.05) is 37.5 Å². The van der Waals surface area contributed by atoms with Crippen molar-refractivity contribution in [3.8, 4) is 0 Å². The van der Waals surface area contributed by atoms with Crippen molar-refractivity contribution in [3.63, 3.8) is 0 Å². The first-order valence-corrected chi connectivity index (χ1v) is 9.34. The normalized spacial score (nSPS) is 31.2. The van der Waals surface area contributed by atoms with Gasteiger partial charge in [0.1, 0.15) is 0 Å². The number of carbonyl (C=O) groups excluding carboxylic acids is 1. The van der Waals surface area contributed by atoms with Gasteiger partial charge in [-0.15, -0.1) is 11.8 Å². The highest BCUT2D eigenvalue weighted by molar-refractivity contribution is 8.00. The van der Waals surface area contributed by atoms with Crippen LogP contribution < -0.4 is 5.32 Å². The third-order valence-electron chi connectivity index (χ3n) is 5.54. The van der Waals surface area contributed by atoms with Crippen LogP contribution in [-0.2, 0) is 4.79 Å². The van der Waals surface area contributed by atoms with Gasteiger partial charge in [-0.3, -0.25) is 4.79 Å². The van der Waals surface area contributed by atoms with Crippen molar-refractivity contribution in [2.45, 2.75) is 54.2 Å². The molecular formula is C18H23NO2S. The quantitative estimate of drug-likeness (QED) is 0.898. The lowest BCUT2D eigenvalue weighted by Gasteiger charge is -2.29. The molecule has 2 fully saturated rings. The Labute approximate surface area is 135 Å². The minimum atomic E-state index is -0.0469. The van der Waals surface area contributed by atoms with Gasteiger partial charge in [-0.2, -0.15) is 0 Å². The van der Waals surface area contributed by atoms with Crippen LogP contribution >= 0.6 is 11.8 Å². The molecule has 22 heavy (non-hydrogen) atoms. The molecule has 4 heteroatoms. The molecule has 1 aliphatic heterocycles. The summed E-state index contributed by atoms with van der Waals surface area (Å²) in [4.78, 5) is 13.9. The van der Waals surface area contributed by atoms with E-state index >= 15 is 0 Å². The third kappa shape index (κ3) is 2.46. The van der Waals surface area contributed by atoms with E-state index in [1.807, 2.05) is 11.8 Å². The average molecular weight is 317 g/mol. The van der Waals surface area contributed by atoms with Crippen LogP contribution in [0.25, 0.3) is 0 Å². The van der Waals surface area contributed by atoms with Gasteiger partial charge >= 0.3 is 0 Å². The highest BCUT2D eigenvalue weighted by atomic mass is 32.2. The summed E-state index contributed by atoms with van der Waals surface area (Å²) in [5.74, 6) is 1.12. The molecule has 3 unspecified atom stereocenters. The van der Waals surface area contributed by atoms with Gasteiger partial charge in [0, 0.05) is 16.1 Å². The molecule has 1 aromatic rings. The number of nitrogens with one attached hydrogen (secondary N) is 1. The number of hydrogen-bond donors (Lipinski definition) is 2. The second kappa shape index (κ2) is 5.89. The molecule has 2 saturated carbocycles. The summed E-state index contributed by atoms with van der Waals surface area (Å²) in [5.41, 5.74) is 1.34. The Morgan fingerprint density at radius 2 is 2.05 bits per heavy atom. The molecule has 118 valence electrons. The Morgan fingerprint density at radius 3 is 2.82 bits per heavy atom. The van der Waals surface area contributed by atoms with E-state index in [9.17, 15) is 9.90 Å². The fourth-order valence-electron chi connectivity index (χ4n) is 4.25. The zero-order chi connectivity index (χ0) is 15.1. The van der Waals surface area contributed by atoms with Crippen molar-refractivity contribution in [2.75, 3.05) is 6.61 Å². The number of rotatable bonds is 4. The van der Waals surface area contributed by atoms with Gasteiger partial charge in [0.05, 0.1) is 18.6 Å². The number of hydrogen-bond acceptors (Lipinski definition) is 3. The fourth-order valence-corrected chi connectivity index (χ4v) is 5.85. The molecule has 1 heterocycles. The topological polar surface area (TPSA) is 49.3 Å². The van der Waals surface area contributed by atoms with Crippen molar-refractivity contribution >= 4 is 17.7 Å². The van der Waals surface area contributed by atoms with Crippen molar-refractivity contribution < 1.29 is 9.90 Å². The van der Waals surface area contributed by atoms with Crippen LogP contribution in [0.15, 0.2) is 29.2 Å². The molecule has 0 aromatic heterocycles. The molecule has 0 saturated heterocycles. The maximum absolute atomic E-state index is 12.6. The Bertz CT molecular complexity index is 570. The molecule has 2 N–H and O–H groups in total. The van der Waals surface area contributed by atoms with Crippen LogP contribution in [0.5, 0.6) is 0 Å². The largest absolute Gasteiger partial charge is 0.394 e. The van der Waals surface area contributed by atoms with Crippen molar-refractivity contribution in [2.24, 2.45) is 11.8 Å². The van der Waals surface area contributed by atoms with E-state index in [2.05, 4.69) is 29.6 Å². The summed E-state index contributed by atoms with van der Waals surface area (Å²) in [5, 5.41) is 13.2. The van der Waals surface area contributed by atoms with Crippen molar-refractivity contribution in [1.29, 1.82) is 0 Å². The number of benzene rings is 1. The molecule has 0 radical (unpaired) electrons. The standard InChI is InChI=1S/C18H23NO2S/c20-10-13(11-6-2-1-3-7-11)19-18(21)16-15-12-8-4-5-9-14(12)22-17(15)16/h4-5,8-9,11,13,15-17,20H,1-3,6-7,10H2,(H,19,21)/t13-,15?,16?,17?/m0/s1. The first-order chi connectivity index (χ1) is 10.8. The summed E-state index contributed by atoms with van der Waals surface area (Å²) in [6.07, 6.45) is 6.04. The Balaban J connectivity index is 1.40. The predicted octanol–water partition coefficient (Wildman–Crippen LogP) is 2.93. The van der Waals surface area contributed by atoms with Gasteiger partial charge in [0.25, 0.3) is 0 Å². The first kappa shape index (κ1) is 14.6. The van der Waals surface area contributed by atoms with Crippen LogP contribution in [0, 0.1) is 11.8 Å². The molecule has 0 spiro atoms. The minimum absolute atomic E-state index is 0.0469. The SMILES string of the molecule is O=C(N[C@@H](CO)C1CCCCC1)C1C2Sc3ccccc3C21. The van der Waals surface area contributed by atoms with Gasteiger partial charge in [0.15, 0.2) is 0 Å². The summed E-state index contributed by atoms with van der Waals surface area (Å²) in [6, 6.07) is 8.39. The van der Waals surface area contributed by atoms with Crippen LogP contribution in [0.3, 0.4) is 0 Å². The number of aliphatic hydroxyl groups is 1. The Morgan fingerprint density at radius 1 is 1.27 bits per heavy atom. The number of carbonyl (C=O) groups is 1. The molecule has 1 amide bonds. The van der Waals surface area contributed by atoms with Gasteiger partial charge in [0.2, 0.25) is 5.91 Å². The fraction of sp³-hybridized carbons (Fsp3) is 0.611. The van der Waals surface area contributed by atoms with E-state index in [1.54, 1.807) is 0 Å². The summed E-state index contributed by atoms with van der Waals surface area (Å²) < 4.78 is 0. The summed E-state index contributed by atoms with van der Waals surface area (Å²) in [6.45, 7) is 0.0716. The predicted molar refractivity (Wildman–Crippen MR) is 87.9 cm³/mol. The van der Waals surface area contributed by atoms with E-state index in [-0.39, 0.29) is 24.5 Å². The van der Waals surface area contributed by atoms with Gasteiger partial charge in [-0.05, 0) is 30.4 Å². The van der Waals surface area contributed by atoms with Crippen molar-refractivity contribution in [3.05, 3.63) is 29.8 Å². The second-order valence-electron chi connectivity index (χ2n) is 6.87. The van der Waals surface area contributed by atoms with E-state index in [4.69, 9.17) is 0 Å². The highest BCUT2D eigenvalue weighted by Crippen LogP contribution is 2.64. The molecule has 2 aliphatic carbocycles. The van der Waals surface area contributed by atoms with E-state index in [0.717, 1.165) is 12.8 Å². The van der Waals surface area contributed by atoms with Gasteiger partial charge < -0.3 is 10.4 Å². The third-order valence-corrected chi connectivity index (χ3v) is 7.03. The zero-order valence-electron chi connectivity index (χ0n) is 12.7. The van der Waals surface area contributed by atoms with Gasteiger partial charge in [-0.25, -0.2) is 0 Å². The van der Waals surface area contributed by atoms with Crippen LogP contribution in [0.2, 0.25) is 0 Å². The number of fused-ring (bicyclic) bond motifs is 3. The van der Waals surface area contributed by atoms with Crippen LogP contribution in [0.1, 0.15) is 43.6 Å². The molecule has 1 aromatic carbocycles.